The third kappa shape index (κ3) is 1.82. The van der Waals surface area contributed by atoms with E-state index in [2.05, 4.69) is 15.1 Å². The van der Waals surface area contributed by atoms with Gasteiger partial charge >= 0.3 is 0 Å². The first-order chi connectivity index (χ1) is 11.4. The summed E-state index contributed by atoms with van der Waals surface area (Å²) in [5, 5.41) is 4.15. The number of piperidine rings is 4. The number of hydrogen-bond donors (Lipinski definition) is 1. The summed E-state index contributed by atoms with van der Waals surface area (Å²) in [6.07, 6.45) is 15.6. The lowest BCUT2D eigenvalue weighted by molar-refractivity contribution is -0.198. The van der Waals surface area contributed by atoms with Gasteiger partial charge in [0.15, 0.2) is 0 Å². The summed E-state index contributed by atoms with van der Waals surface area (Å²) in [6.45, 7) is 4.20. The minimum atomic E-state index is 0.596. The number of nitrogens with one attached hydrogen (secondary N) is 1. The van der Waals surface area contributed by atoms with E-state index in [9.17, 15) is 0 Å². The highest BCUT2D eigenvalue weighted by Gasteiger charge is 2.63. The van der Waals surface area contributed by atoms with Crippen LogP contribution in [0.25, 0.3) is 0 Å². The van der Waals surface area contributed by atoms with Gasteiger partial charge in [-0.25, -0.2) is 0 Å². The summed E-state index contributed by atoms with van der Waals surface area (Å²) in [4.78, 5) is 5.95. The topological polar surface area (TPSA) is 18.5 Å². The second-order valence-corrected chi connectivity index (χ2v) is 9.72. The van der Waals surface area contributed by atoms with E-state index < -0.39 is 0 Å². The zero-order valence-corrected chi connectivity index (χ0v) is 14.6. The van der Waals surface area contributed by atoms with Crippen molar-refractivity contribution in [3.63, 3.8) is 0 Å². The average Bonchev–Trinajstić information content (AvgIpc) is 2.60. The molecule has 6 aliphatic rings. The van der Waals surface area contributed by atoms with Crippen LogP contribution in [0.3, 0.4) is 0 Å². The lowest BCUT2D eigenvalue weighted by atomic mass is 9.50. The Morgan fingerprint density at radius 2 is 1.87 bits per heavy atom. The Hall–Kier alpha value is -0.120. The number of fused-ring (bicyclic) bond motifs is 6. The number of nitrogens with zero attached hydrogens (tertiary/aromatic N) is 2. The van der Waals surface area contributed by atoms with Crippen molar-refractivity contribution in [3.05, 3.63) is 0 Å². The zero-order valence-electron chi connectivity index (χ0n) is 14.6. The van der Waals surface area contributed by atoms with E-state index in [1.165, 1.54) is 71.0 Å². The van der Waals surface area contributed by atoms with Gasteiger partial charge in [0.25, 0.3) is 0 Å². The lowest BCUT2D eigenvalue weighted by Gasteiger charge is -2.70. The van der Waals surface area contributed by atoms with Crippen LogP contribution in [-0.2, 0) is 0 Å². The fraction of sp³-hybridized carbons (Fsp3) is 1.00. The summed E-state index contributed by atoms with van der Waals surface area (Å²) < 4.78 is 0. The molecule has 1 N–H and O–H groups in total. The predicted octanol–water partition coefficient (Wildman–Crippen LogP) is 2.81. The molecule has 1 saturated carbocycles. The largest absolute Gasteiger partial charge is 0.299 e. The van der Waals surface area contributed by atoms with Crippen molar-refractivity contribution < 1.29 is 0 Å². The fourth-order valence-electron chi connectivity index (χ4n) is 8.25. The minimum Gasteiger partial charge on any atom is -0.299 e. The maximum atomic E-state index is 4.15. The second-order valence-electron chi connectivity index (χ2n) is 9.72. The van der Waals surface area contributed by atoms with Gasteiger partial charge in [0.2, 0.25) is 0 Å². The summed E-state index contributed by atoms with van der Waals surface area (Å²) in [5.41, 5.74) is 0.596. The van der Waals surface area contributed by atoms with Crippen molar-refractivity contribution in [2.75, 3.05) is 19.6 Å². The van der Waals surface area contributed by atoms with Crippen LogP contribution in [0.2, 0.25) is 0 Å². The van der Waals surface area contributed by atoms with Gasteiger partial charge in [-0.2, -0.15) is 0 Å². The molecule has 1 spiro atoms. The van der Waals surface area contributed by atoms with Crippen LogP contribution in [0.4, 0.5) is 0 Å². The van der Waals surface area contributed by atoms with Crippen LogP contribution in [0, 0.1) is 17.3 Å². The Balaban J connectivity index is 1.44. The number of hydrogen-bond acceptors (Lipinski definition) is 3. The Morgan fingerprint density at radius 1 is 0.870 bits per heavy atom. The molecule has 5 heterocycles. The molecule has 3 heteroatoms. The van der Waals surface area contributed by atoms with E-state index in [1.807, 2.05) is 0 Å². The molecule has 128 valence electrons. The Bertz CT molecular complexity index is 493. The molecule has 0 aromatic heterocycles. The van der Waals surface area contributed by atoms with E-state index in [1.54, 1.807) is 12.8 Å². The third-order valence-electron chi connectivity index (χ3n) is 8.80. The molecular weight excluding hydrogens is 282 g/mol. The summed E-state index contributed by atoms with van der Waals surface area (Å²) in [7, 11) is 0. The monoisotopic (exact) mass is 315 g/mol. The van der Waals surface area contributed by atoms with Crippen molar-refractivity contribution in [2.24, 2.45) is 17.3 Å². The van der Waals surface area contributed by atoms with Gasteiger partial charge in [0.1, 0.15) is 0 Å². The summed E-state index contributed by atoms with van der Waals surface area (Å²) >= 11 is 0. The third-order valence-corrected chi connectivity index (χ3v) is 8.80. The molecule has 6 fully saturated rings. The zero-order chi connectivity index (χ0) is 15.0. The minimum absolute atomic E-state index is 0.596. The maximum Gasteiger partial charge on any atom is 0.0602 e. The van der Waals surface area contributed by atoms with Crippen LogP contribution in [0.1, 0.15) is 64.2 Å². The van der Waals surface area contributed by atoms with Crippen LogP contribution in [0.5, 0.6) is 0 Å². The lowest BCUT2D eigenvalue weighted by Crippen LogP contribution is -2.80. The van der Waals surface area contributed by atoms with Gasteiger partial charge in [0, 0.05) is 30.1 Å². The van der Waals surface area contributed by atoms with Crippen molar-refractivity contribution in [1.82, 2.24) is 15.1 Å². The molecule has 23 heavy (non-hydrogen) atoms. The highest BCUT2D eigenvalue weighted by Crippen LogP contribution is 2.59. The highest BCUT2D eigenvalue weighted by atomic mass is 15.4. The molecule has 5 saturated heterocycles. The molecule has 0 aromatic carbocycles. The molecule has 1 aliphatic carbocycles. The molecule has 0 radical (unpaired) electrons. The first kappa shape index (κ1) is 14.1. The van der Waals surface area contributed by atoms with E-state index in [-0.39, 0.29) is 0 Å². The van der Waals surface area contributed by atoms with E-state index in [0.717, 1.165) is 36.1 Å². The van der Waals surface area contributed by atoms with Gasteiger partial charge in [-0.1, -0.05) is 6.42 Å². The molecule has 4 bridgehead atoms. The van der Waals surface area contributed by atoms with Crippen molar-refractivity contribution in [3.8, 4) is 0 Å². The van der Waals surface area contributed by atoms with Crippen molar-refractivity contribution in [1.29, 1.82) is 0 Å². The standard InChI is InChI=1S/C20H33N3/c1-2-9-22-13-20-12-15(16(22)6-1)11-14-5-4-10-23(19(14)20)18-8-3-7-17(20)21-18/h14-19,21H,1-13H2/t14-,15-,16+,17-,18+,19+,20+/m0/s1. The highest BCUT2D eigenvalue weighted by molar-refractivity contribution is 5.18. The van der Waals surface area contributed by atoms with Gasteiger partial charge in [-0.3, -0.25) is 15.1 Å². The quantitative estimate of drug-likeness (QED) is 0.741. The Kier molecular flexibility index (Phi) is 3.04. The van der Waals surface area contributed by atoms with Crippen molar-refractivity contribution in [2.45, 2.75) is 88.5 Å². The fourth-order valence-corrected chi connectivity index (χ4v) is 8.25. The molecule has 0 aromatic rings. The smallest absolute Gasteiger partial charge is 0.0602 e. The first-order valence-corrected chi connectivity index (χ1v) is 10.6. The van der Waals surface area contributed by atoms with E-state index in [0.29, 0.717) is 5.41 Å². The van der Waals surface area contributed by atoms with Crippen LogP contribution >= 0.6 is 0 Å². The van der Waals surface area contributed by atoms with E-state index >= 15 is 0 Å². The second kappa shape index (κ2) is 4.95. The predicted molar refractivity (Wildman–Crippen MR) is 92.1 cm³/mol. The molecule has 6 rings (SSSR count). The van der Waals surface area contributed by atoms with Crippen LogP contribution < -0.4 is 5.32 Å². The van der Waals surface area contributed by atoms with E-state index in [4.69, 9.17) is 0 Å². The maximum absolute atomic E-state index is 4.15. The molecule has 3 nitrogen and oxygen atoms in total. The summed E-state index contributed by atoms with van der Waals surface area (Å²) in [6, 6.07) is 2.70. The number of rotatable bonds is 0. The van der Waals surface area contributed by atoms with Gasteiger partial charge in [-0.15, -0.1) is 0 Å². The molecule has 0 unspecified atom stereocenters. The van der Waals surface area contributed by atoms with Crippen LogP contribution in [0.15, 0.2) is 0 Å². The Morgan fingerprint density at radius 3 is 2.87 bits per heavy atom. The normalized spacial score (nSPS) is 55.8. The Labute approximate surface area is 141 Å². The molecule has 0 amide bonds. The van der Waals surface area contributed by atoms with Crippen molar-refractivity contribution >= 4 is 0 Å². The van der Waals surface area contributed by atoms with Gasteiger partial charge in [0.05, 0.1) is 6.17 Å². The van der Waals surface area contributed by atoms with Gasteiger partial charge < -0.3 is 0 Å². The average molecular weight is 316 g/mol. The molecule has 5 aliphatic heterocycles. The SMILES string of the molecule is C1CCN2C[C@]34C[C@H](C[C@@H]5CCCN([C@@H]6CCC[C@@H]3N6)[C@H]54)[C@H]2C1. The first-order valence-electron chi connectivity index (χ1n) is 10.6. The molecular formula is C20H33N3. The molecule has 7 atom stereocenters. The summed E-state index contributed by atoms with van der Waals surface area (Å²) in [5.74, 6) is 2.04. The van der Waals surface area contributed by atoms with Gasteiger partial charge in [-0.05, 0) is 82.7 Å². The van der Waals surface area contributed by atoms with Crippen LogP contribution in [-0.4, -0.2) is 53.7 Å².